The molecular formula is C19H17FN8O. The first kappa shape index (κ1) is 18.4. The Labute approximate surface area is 164 Å². The van der Waals surface area contributed by atoms with Gasteiger partial charge in [0.05, 0.1) is 11.1 Å². The third kappa shape index (κ3) is 3.72. The number of nitrogens with zero attached hydrogens (tertiary/aromatic N) is 6. The second kappa shape index (κ2) is 7.58. The van der Waals surface area contributed by atoms with E-state index in [0.29, 0.717) is 35.8 Å². The highest BCUT2D eigenvalue weighted by atomic mass is 19.1. The van der Waals surface area contributed by atoms with Gasteiger partial charge in [-0.25, -0.2) is 4.39 Å². The van der Waals surface area contributed by atoms with E-state index in [1.165, 1.54) is 16.8 Å². The molecule has 0 unspecified atom stereocenters. The molecule has 0 fully saturated rings. The van der Waals surface area contributed by atoms with Crippen LogP contribution in [0.4, 0.5) is 10.3 Å². The van der Waals surface area contributed by atoms with Gasteiger partial charge in [0.1, 0.15) is 17.2 Å². The quantitative estimate of drug-likeness (QED) is 0.514. The number of halogens is 1. The Morgan fingerprint density at radius 1 is 1.17 bits per heavy atom. The summed E-state index contributed by atoms with van der Waals surface area (Å²) < 4.78 is 14.8. The number of anilines is 1. The van der Waals surface area contributed by atoms with Crippen LogP contribution in [0, 0.1) is 5.82 Å². The summed E-state index contributed by atoms with van der Waals surface area (Å²) in [6, 6.07) is 11.3. The van der Waals surface area contributed by atoms with Crippen LogP contribution < -0.4 is 11.1 Å². The fraction of sp³-hybridized carbons (Fsp3) is 0.158. The Bertz CT molecular complexity index is 1210. The summed E-state index contributed by atoms with van der Waals surface area (Å²) >= 11 is 0. The third-order valence-electron chi connectivity index (χ3n) is 4.26. The lowest BCUT2D eigenvalue weighted by molar-refractivity contribution is 0.100. The zero-order chi connectivity index (χ0) is 20.4. The number of hydrogen-bond donors (Lipinski definition) is 2. The van der Waals surface area contributed by atoms with Crippen molar-refractivity contribution in [1.29, 1.82) is 0 Å². The Balaban J connectivity index is 1.71. The summed E-state index contributed by atoms with van der Waals surface area (Å²) in [6.45, 7) is 2.26. The molecule has 0 spiro atoms. The number of aromatic nitrogens is 6. The Morgan fingerprint density at radius 3 is 2.76 bits per heavy atom. The maximum Gasteiger partial charge on any atom is 0.257 e. The zero-order valence-electron chi connectivity index (χ0n) is 15.5. The van der Waals surface area contributed by atoms with Crippen molar-refractivity contribution in [2.24, 2.45) is 5.73 Å². The van der Waals surface area contributed by atoms with Gasteiger partial charge in [0.15, 0.2) is 0 Å². The lowest BCUT2D eigenvalue weighted by atomic mass is 10.2. The van der Waals surface area contributed by atoms with Crippen molar-refractivity contribution >= 4 is 22.9 Å². The van der Waals surface area contributed by atoms with Crippen LogP contribution in [-0.2, 0) is 13.0 Å². The molecule has 2 heterocycles. The molecule has 2 aromatic carbocycles. The number of nitrogens with two attached hydrogens (primary N) is 1. The SMILES string of the molecule is CCc1nc(NCc2cccc(F)c2)nc(-n2nnc3c(C(N)=O)cccc32)n1. The van der Waals surface area contributed by atoms with Gasteiger partial charge >= 0.3 is 0 Å². The van der Waals surface area contributed by atoms with Gasteiger partial charge in [0.2, 0.25) is 5.95 Å². The van der Waals surface area contributed by atoms with Crippen LogP contribution in [0.5, 0.6) is 0 Å². The smallest absolute Gasteiger partial charge is 0.257 e. The molecule has 29 heavy (non-hydrogen) atoms. The average Bonchev–Trinajstić information content (AvgIpc) is 3.16. The molecule has 3 N–H and O–H groups in total. The number of rotatable bonds is 6. The van der Waals surface area contributed by atoms with Crippen LogP contribution in [0.3, 0.4) is 0 Å². The molecule has 0 aliphatic carbocycles. The number of nitrogens with one attached hydrogen (secondary N) is 1. The molecule has 0 atom stereocenters. The summed E-state index contributed by atoms with van der Waals surface area (Å²) in [5.74, 6) is 0.221. The van der Waals surface area contributed by atoms with Crippen LogP contribution in [-0.4, -0.2) is 35.9 Å². The largest absolute Gasteiger partial charge is 0.366 e. The highest BCUT2D eigenvalue weighted by molar-refractivity contribution is 6.03. The number of primary amides is 1. The molecular weight excluding hydrogens is 375 g/mol. The van der Waals surface area contributed by atoms with Gasteiger partial charge in [-0.15, -0.1) is 5.10 Å². The highest BCUT2D eigenvalue weighted by Gasteiger charge is 2.16. The van der Waals surface area contributed by atoms with Crippen molar-refractivity contribution in [3.63, 3.8) is 0 Å². The van der Waals surface area contributed by atoms with E-state index in [0.717, 1.165) is 5.56 Å². The molecule has 0 aliphatic rings. The monoisotopic (exact) mass is 392 g/mol. The summed E-state index contributed by atoms with van der Waals surface area (Å²) in [7, 11) is 0. The molecule has 9 nitrogen and oxygen atoms in total. The van der Waals surface area contributed by atoms with Crippen LogP contribution in [0.25, 0.3) is 17.0 Å². The lowest BCUT2D eigenvalue weighted by Crippen LogP contribution is -2.12. The summed E-state index contributed by atoms with van der Waals surface area (Å²) in [4.78, 5) is 24.8. The normalized spacial score (nSPS) is 11.0. The molecule has 0 saturated heterocycles. The first-order chi connectivity index (χ1) is 14.0. The second-order valence-electron chi connectivity index (χ2n) is 6.25. The molecule has 1 amide bonds. The number of carbonyl (C=O) groups is 1. The standard InChI is InChI=1S/C19H17FN8O/c1-2-15-23-18(22-10-11-5-3-6-12(20)9-11)25-19(24-15)28-14-8-4-7-13(17(21)29)16(14)26-27-28/h3-9H,2,10H2,1H3,(H2,21,29)(H,22,23,24,25). The van der Waals surface area contributed by atoms with E-state index < -0.39 is 5.91 Å². The minimum atomic E-state index is -0.593. The fourth-order valence-corrected chi connectivity index (χ4v) is 2.86. The Kier molecular flexibility index (Phi) is 4.82. The van der Waals surface area contributed by atoms with E-state index in [4.69, 9.17) is 5.73 Å². The van der Waals surface area contributed by atoms with Gasteiger partial charge in [-0.2, -0.15) is 19.6 Å². The summed E-state index contributed by atoms with van der Waals surface area (Å²) in [5.41, 5.74) is 7.34. The van der Waals surface area contributed by atoms with E-state index in [2.05, 4.69) is 30.6 Å². The van der Waals surface area contributed by atoms with E-state index in [-0.39, 0.29) is 17.3 Å². The van der Waals surface area contributed by atoms with E-state index in [1.807, 2.05) is 6.92 Å². The van der Waals surface area contributed by atoms with Gasteiger partial charge in [-0.3, -0.25) is 4.79 Å². The summed E-state index contributed by atoms with van der Waals surface area (Å²) in [5, 5.41) is 11.2. The van der Waals surface area contributed by atoms with Crippen molar-refractivity contribution in [1.82, 2.24) is 29.9 Å². The predicted molar refractivity (Wildman–Crippen MR) is 104 cm³/mol. The maximum atomic E-state index is 13.4. The van der Waals surface area contributed by atoms with Gasteiger partial charge < -0.3 is 11.1 Å². The van der Waals surface area contributed by atoms with E-state index in [1.54, 1.807) is 30.3 Å². The first-order valence-electron chi connectivity index (χ1n) is 8.93. The van der Waals surface area contributed by atoms with Gasteiger partial charge in [0.25, 0.3) is 11.9 Å². The van der Waals surface area contributed by atoms with Gasteiger partial charge in [-0.1, -0.05) is 30.3 Å². The molecule has 10 heteroatoms. The highest BCUT2D eigenvalue weighted by Crippen LogP contribution is 2.18. The van der Waals surface area contributed by atoms with Crippen molar-refractivity contribution in [3.8, 4) is 5.95 Å². The fourth-order valence-electron chi connectivity index (χ4n) is 2.86. The minimum absolute atomic E-state index is 0.253. The van der Waals surface area contributed by atoms with Crippen molar-refractivity contribution in [3.05, 3.63) is 65.2 Å². The molecule has 0 aliphatic heterocycles. The Hall–Kier alpha value is -3.95. The number of fused-ring (bicyclic) bond motifs is 1. The van der Waals surface area contributed by atoms with Gasteiger partial charge in [0, 0.05) is 13.0 Å². The van der Waals surface area contributed by atoms with E-state index >= 15 is 0 Å². The van der Waals surface area contributed by atoms with Crippen LogP contribution in [0.2, 0.25) is 0 Å². The molecule has 0 radical (unpaired) electrons. The van der Waals surface area contributed by atoms with Crippen molar-refractivity contribution in [2.75, 3.05) is 5.32 Å². The predicted octanol–water partition coefficient (Wildman–Crippen LogP) is 2.02. The maximum absolute atomic E-state index is 13.4. The molecule has 2 aromatic heterocycles. The number of carbonyl (C=O) groups excluding carboxylic acids is 1. The van der Waals surface area contributed by atoms with E-state index in [9.17, 15) is 9.18 Å². The molecule has 0 saturated carbocycles. The van der Waals surface area contributed by atoms with Gasteiger partial charge in [-0.05, 0) is 29.8 Å². The molecule has 0 bridgehead atoms. The van der Waals surface area contributed by atoms with Crippen molar-refractivity contribution in [2.45, 2.75) is 19.9 Å². The van der Waals surface area contributed by atoms with Crippen LogP contribution in [0.1, 0.15) is 28.7 Å². The average molecular weight is 392 g/mol. The number of aryl methyl sites for hydroxylation is 1. The Morgan fingerprint density at radius 2 is 2.00 bits per heavy atom. The lowest BCUT2D eigenvalue weighted by Gasteiger charge is -2.09. The number of benzene rings is 2. The molecule has 4 aromatic rings. The number of amides is 1. The molecule has 146 valence electrons. The topological polar surface area (TPSA) is 125 Å². The molecule has 4 rings (SSSR count). The first-order valence-corrected chi connectivity index (χ1v) is 8.93. The second-order valence-corrected chi connectivity index (χ2v) is 6.25. The number of hydrogen-bond acceptors (Lipinski definition) is 7. The summed E-state index contributed by atoms with van der Waals surface area (Å²) in [6.07, 6.45) is 0.573. The van der Waals surface area contributed by atoms with Crippen molar-refractivity contribution < 1.29 is 9.18 Å². The minimum Gasteiger partial charge on any atom is -0.366 e. The third-order valence-corrected chi connectivity index (χ3v) is 4.26. The zero-order valence-corrected chi connectivity index (χ0v) is 15.5. The van der Waals surface area contributed by atoms with Crippen LogP contribution >= 0.6 is 0 Å². The van der Waals surface area contributed by atoms with Crippen LogP contribution in [0.15, 0.2) is 42.5 Å².